The Hall–Kier alpha value is -3.59. The van der Waals surface area contributed by atoms with Gasteiger partial charge >= 0.3 is 11.9 Å². The number of unbranched alkanes of at least 4 members (excludes halogenated alkanes) is 1. The van der Waals surface area contributed by atoms with Crippen molar-refractivity contribution in [2.45, 2.75) is 26.2 Å². The van der Waals surface area contributed by atoms with E-state index in [1.807, 2.05) is 6.92 Å². The van der Waals surface area contributed by atoms with Gasteiger partial charge in [0.2, 0.25) is 0 Å². The van der Waals surface area contributed by atoms with Crippen molar-refractivity contribution >= 4 is 18.0 Å². The molecule has 2 aromatic carbocycles. The molecule has 0 amide bonds. The topological polar surface area (TPSA) is 85.6 Å². The summed E-state index contributed by atoms with van der Waals surface area (Å²) >= 11 is 0. The van der Waals surface area contributed by atoms with Crippen molar-refractivity contribution in [1.82, 2.24) is 0 Å². The third kappa shape index (κ3) is 7.89. The maximum Gasteiger partial charge on any atom is 0.343 e. The minimum Gasteiger partial charge on any atom is -0.494 e. The Morgan fingerprint density at radius 3 is 2.34 bits per heavy atom. The van der Waals surface area contributed by atoms with Crippen LogP contribution < -0.4 is 9.47 Å². The molecule has 6 nitrogen and oxygen atoms in total. The van der Waals surface area contributed by atoms with Crippen molar-refractivity contribution in [2.75, 3.05) is 13.2 Å². The summed E-state index contributed by atoms with van der Waals surface area (Å²) in [5, 5.41) is 8.50. The van der Waals surface area contributed by atoms with Gasteiger partial charge < -0.3 is 14.2 Å². The van der Waals surface area contributed by atoms with Crippen LogP contribution in [0.25, 0.3) is 6.08 Å². The Balaban J connectivity index is 1.86. The van der Waals surface area contributed by atoms with Gasteiger partial charge in [0.15, 0.2) is 0 Å². The molecule has 0 radical (unpaired) electrons. The summed E-state index contributed by atoms with van der Waals surface area (Å²) in [7, 11) is 0. The minimum atomic E-state index is -0.479. The average molecular weight is 393 g/mol. The lowest BCUT2D eigenvalue weighted by molar-refractivity contribution is -0.137. The van der Waals surface area contributed by atoms with Crippen molar-refractivity contribution in [2.24, 2.45) is 0 Å². The summed E-state index contributed by atoms with van der Waals surface area (Å²) in [5.74, 6) is 0.165. The van der Waals surface area contributed by atoms with Crippen LogP contribution in [0.5, 0.6) is 11.5 Å². The van der Waals surface area contributed by atoms with E-state index in [-0.39, 0.29) is 5.97 Å². The molecule has 0 unspecified atom stereocenters. The molecular weight excluding hydrogens is 370 g/mol. The standard InChI is InChI=1S/C23H23NO5/c1-2-16-28-22(25)14-7-18-5-10-21(11-6-18)29-23(26)19-8-12-20(13-9-19)27-17-4-3-15-24/h5-14H,2-4,16-17H2,1H3/b14-7+. The molecule has 0 N–H and O–H groups in total. The fraction of sp³-hybridized carbons (Fsp3) is 0.261. The molecule has 0 aliphatic heterocycles. The number of esters is 2. The van der Waals surface area contributed by atoms with E-state index in [9.17, 15) is 9.59 Å². The zero-order chi connectivity index (χ0) is 20.9. The molecule has 0 atom stereocenters. The van der Waals surface area contributed by atoms with Gasteiger partial charge in [0, 0.05) is 12.5 Å². The number of ether oxygens (including phenoxy) is 3. The largest absolute Gasteiger partial charge is 0.494 e. The van der Waals surface area contributed by atoms with E-state index in [0.29, 0.717) is 43.1 Å². The fourth-order valence-electron chi connectivity index (χ4n) is 2.26. The molecule has 0 saturated heterocycles. The maximum atomic E-state index is 12.3. The van der Waals surface area contributed by atoms with Crippen LogP contribution in [0.2, 0.25) is 0 Å². The van der Waals surface area contributed by atoms with Gasteiger partial charge in [-0.3, -0.25) is 0 Å². The van der Waals surface area contributed by atoms with Crippen LogP contribution in [-0.2, 0) is 9.53 Å². The molecule has 2 aromatic rings. The Kier molecular flexibility index (Phi) is 8.97. The van der Waals surface area contributed by atoms with Gasteiger partial charge in [-0.05, 0) is 60.9 Å². The zero-order valence-corrected chi connectivity index (χ0v) is 16.3. The first-order valence-electron chi connectivity index (χ1n) is 9.39. The second kappa shape index (κ2) is 12.0. The molecule has 2 rings (SSSR count). The van der Waals surface area contributed by atoms with Gasteiger partial charge in [0.05, 0.1) is 24.8 Å². The lowest BCUT2D eigenvalue weighted by Crippen LogP contribution is -2.08. The normalized spacial score (nSPS) is 10.3. The highest BCUT2D eigenvalue weighted by molar-refractivity contribution is 5.91. The monoisotopic (exact) mass is 393 g/mol. The number of rotatable bonds is 10. The number of hydrogen-bond acceptors (Lipinski definition) is 6. The van der Waals surface area contributed by atoms with E-state index in [4.69, 9.17) is 19.5 Å². The fourth-order valence-corrected chi connectivity index (χ4v) is 2.26. The Bertz CT molecular complexity index is 864. The van der Waals surface area contributed by atoms with Crippen LogP contribution in [-0.4, -0.2) is 25.2 Å². The number of nitrogens with zero attached hydrogens (tertiary/aromatic N) is 1. The van der Waals surface area contributed by atoms with E-state index in [0.717, 1.165) is 12.0 Å². The number of benzene rings is 2. The molecule has 0 heterocycles. The molecule has 29 heavy (non-hydrogen) atoms. The second-order valence-corrected chi connectivity index (χ2v) is 6.09. The Morgan fingerprint density at radius 2 is 1.69 bits per heavy atom. The zero-order valence-electron chi connectivity index (χ0n) is 16.3. The van der Waals surface area contributed by atoms with E-state index in [2.05, 4.69) is 6.07 Å². The van der Waals surface area contributed by atoms with Gasteiger partial charge in [0.25, 0.3) is 0 Å². The Morgan fingerprint density at radius 1 is 1.00 bits per heavy atom. The second-order valence-electron chi connectivity index (χ2n) is 6.09. The van der Waals surface area contributed by atoms with E-state index < -0.39 is 5.97 Å². The average Bonchev–Trinajstić information content (AvgIpc) is 2.75. The first-order chi connectivity index (χ1) is 14.1. The van der Waals surface area contributed by atoms with Crippen molar-refractivity contribution in [3.63, 3.8) is 0 Å². The van der Waals surface area contributed by atoms with Gasteiger partial charge in [-0.2, -0.15) is 5.26 Å². The van der Waals surface area contributed by atoms with Crippen LogP contribution in [0.4, 0.5) is 0 Å². The highest BCUT2D eigenvalue weighted by Crippen LogP contribution is 2.17. The van der Waals surface area contributed by atoms with E-state index >= 15 is 0 Å². The summed E-state index contributed by atoms with van der Waals surface area (Å²) in [5.41, 5.74) is 1.19. The van der Waals surface area contributed by atoms with Crippen LogP contribution in [0.1, 0.15) is 42.1 Å². The highest BCUT2D eigenvalue weighted by atomic mass is 16.5. The summed E-state index contributed by atoms with van der Waals surface area (Å²) in [6.45, 7) is 2.78. The summed E-state index contributed by atoms with van der Waals surface area (Å²) in [6, 6.07) is 15.5. The highest BCUT2D eigenvalue weighted by Gasteiger charge is 2.09. The summed E-state index contributed by atoms with van der Waals surface area (Å²) in [4.78, 5) is 23.7. The third-order valence-electron chi connectivity index (χ3n) is 3.74. The lowest BCUT2D eigenvalue weighted by atomic mass is 10.2. The van der Waals surface area contributed by atoms with Gasteiger partial charge in [-0.15, -0.1) is 0 Å². The molecule has 0 fully saturated rings. The van der Waals surface area contributed by atoms with Gasteiger partial charge in [-0.1, -0.05) is 19.1 Å². The smallest absolute Gasteiger partial charge is 0.343 e. The molecule has 0 aliphatic carbocycles. The van der Waals surface area contributed by atoms with Crippen LogP contribution in [0.15, 0.2) is 54.6 Å². The Labute approximate surface area is 170 Å². The summed E-state index contributed by atoms with van der Waals surface area (Å²) in [6.07, 6.45) is 4.88. The number of hydrogen-bond donors (Lipinski definition) is 0. The molecule has 0 aliphatic rings. The molecule has 0 spiro atoms. The van der Waals surface area contributed by atoms with Crippen LogP contribution in [0, 0.1) is 11.3 Å². The minimum absolute atomic E-state index is 0.389. The molecule has 0 saturated carbocycles. The number of nitriles is 1. The van der Waals surface area contributed by atoms with Crippen molar-refractivity contribution in [3.8, 4) is 17.6 Å². The van der Waals surface area contributed by atoms with Gasteiger partial charge in [0.1, 0.15) is 11.5 Å². The predicted octanol–water partition coefficient (Wildman–Crippen LogP) is 4.55. The van der Waals surface area contributed by atoms with Crippen LogP contribution in [0.3, 0.4) is 0 Å². The van der Waals surface area contributed by atoms with Crippen LogP contribution >= 0.6 is 0 Å². The maximum absolute atomic E-state index is 12.3. The molecule has 0 aromatic heterocycles. The number of carbonyl (C=O) groups excluding carboxylic acids is 2. The SMILES string of the molecule is CCCOC(=O)/C=C/c1ccc(OC(=O)c2ccc(OCCCC#N)cc2)cc1. The predicted molar refractivity (Wildman–Crippen MR) is 108 cm³/mol. The first-order valence-corrected chi connectivity index (χ1v) is 9.39. The van der Waals surface area contributed by atoms with Crippen molar-refractivity contribution in [1.29, 1.82) is 5.26 Å². The molecule has 6 heteroatoms. The first kappa shape index (κ1) is 21.7. The van der Waals surface area contributed by atoms with Crippen molar-refractivity contribution < 1.29 is 23.8 Å². The number of carbonyl (C=O) groups is 2. The molecule has 0 bridgehead atoms. The molecule has 150 valence electrons. The van der Waals surface area contributed by atoms with E-state index in [1.54, 1.807) is 54.6 Å². The van der Waals surface area contributed by atoms with E-state index in [1.165, 1.54) is 6.08 Å². The third-order valence-corrected chi connectivity index (χ3v) is 3.74. The van der Waals surface area contributed by atoms with Crippen molar-refractivity contribution in [3.05, 3.63) is 65.7 Å². The quantitative estimate of drug-likeness (QED) is 0.255. The van der Waals surface area contributed by atoms with Gasteiger partial charge in [-0.25, -0.2) is 9.59 Å². The summed E-state index contributed by atoms with van der Waals surface area (Å²) < 4.78 is 15.8. The lowest BCUT2D eigenvalue weighted by Gasteiger charge is -2.07. The molecular formula is C23H23NO5.